The molecule has 13 heavy (non-hydrogen) atoms. The lowest BCUT2D eigenvalue weighted by molar-refractivity contribution is 0.281. The fraction of sp³-hybridized carbons (Fsp3) is 0.111. The summed E-state index contributed by atoms with van der Waals surface area (Å²) in [5.74, 6) is 0. The SMILES string of the molecule is OCc1ccc2scc(S)c2c1I. The van der Waals surface area contributed by atoms with E-state index in [-0.39, 0.29) is 6.61 Å². The van der Waals surface area contributed by atoms with Crippen molar-refractivity contribution in [1.29, 1.82) is 0 Å². The predicted molar refractivity (Wildman–Crippen MR) is 67.7 cm³/mol. The summed E-state index contributed by atoms with van der Waals surface area (Å²) in [6.45, 7) is 0.0945. The molecule has 0 saturated carbocycles. The zero-order valence-electron chi connectivity index (χ0n) is 6.62. The van der Waals surface area contributed by atoms with Crippen LogP contribution in [0.2, 0.25) is 0 Å². The highest BCUT2D eigenvalue weighted by Crippen LogP contribution is 2.34. The van der Waals surface area contributed by atoms with Gasteiger partial charge < -0.3 is 5.11 Å². The standard InChI is InChI=1S/C9H7IOS2/c10-9-5(3-11)1-2-7-8(9)6(12)4-13-7/h1-2,4,11-12H,3H2. The van der Waals surface area contributed by atoms with Crippen LogP contribution in [-0.4, -0.2) is 5.11 Å². The van der Waals surface area contributed by atoms with E-state index in [0.717, 1.165) is 14.0 Å². The summed E-state index contributed by atoms with van der Waals surface area (Å²) < 4.78 is 2.34. The first-order chi connectivity index (χ1) is 6.24. The number of halogens is 1. The average Bonchev–Trinajstić information content (AvgIpc) is 2.49. The fourth-order valence-corrected chi connectivity index (χ4v) is 3.87. The van der Waals surface area contributed by atoms with Gasteiger partial charge in [-0.25, -0.2) is 0 Å². The maximum Gasteiger partial charge on any atom is 0.0692 e. The summed E-state index contributed by atoms with van der Waals surface area (Å²) in [5.41, 5.74) is 0.974. The lowest BCUT2D eigenvalue weighted by atomic mass is 10.2. The second-order valence-electron chi connectivity index (χ2n) is 2.69. The van der Waals surface area contributed by atoms with Crippen LogP contribution in [-0.2, 0) is 6.61 Å². The largest absolute Gasteiger partial charge is 0.392 e. The Labute approximate surface area is 99.3 Å². The van der Waals surface area contributed by atoms with E-state index in [1.165, 1.54) is 10.1 Å². The minimum atomic E-state index is 0.0945. The molecule has 1 N–H and O–H groups in total. The Morgan fingerprint density at radius 2 is 2.23 bits per heavy atom. The number of aliphatic hydroxyl groups excluding tert-OH is 1. The second kappa shape index (κ2) is 3.76. The molecular weight excluding hydrogens is 315 g/mol. The van der Waals surface area contributed by atoms with Crippen LogP contribution in [0, 0.1) is 3.57 Å². The Kier molecular flexibility index (Phi) is 2.83. The van der Waals surface area contributed by atoms with Crippen LogP contribution in [0.25, 0.3) is 10.1 Å². The van der Waals surface area contributed by atoms with E-state index in [1.807, 2.05) is 17.5 Å². The normalized spacial score (nSPS) is 11.0. The lowest BCUT2D eigenvalue weighted by Crippen LogP contribution is -1.87. The van der Waals surface area contributed by atoms with Gasteiger partial charge in [0.1, 0.15) is 0 Å². The zero-order valence-corrected chi connectivity index (χ0v) is 10.5. The number of thiol groups is 1. The van der Waals surface area contributed by atoms with E-state index in [4.69, 9.17) is 5.11 Å². The first kappa shape index (κ1) is 9.76. The summed E-state index contributed by atoms with van der Waals surface area (Å²) in [6, 6.07) is 4.00. The lowest BCUT2D eigenvalue weighted by Gasteiger charge is -2.02. The topological polar surface area (TPSA) is 20.2 Å². The van der Waals surface area contributed by atoms with Gasteiger partial charge in [-0.05, 0) is 34.2 Å². The number of thiophene rings is 1. The molecule has 0 unspecified atom stereocenters. The summed E-state index contributed by atoms with van der Waals surface area (Å²) in [4.78, 5) is 1.000. The molecule has 1 aromatic heterocycles. The van der Waals surface area contributed by atoms with Gasteiger partial charge in [-0.15, -0.1) is 24.0 Å². The molecule has 0 bridgehead atoms. The van der Waals surface area contributed by atoms with Crippen molar-refractivity contribution in [2.24, 2.45) is 0 Å². The van der Waals surface area contributed by atoms with Gasteiger partial charge in [0.25, 0.3) is 0 Å². The first-order valence-corrected chi connectivity index (χ1v) is 6.13. The quantitative estimate of drug-likeness (QED) is 0.610. The van der Waals surface area contributed by atoms with Gasteiger partial charge in [-0.3, -0.25) is 0 Å². The van der Waals surface area contributed by atoms with Gasteiger partial charge in [0.15, 0.2) is 0 Å². The van der Waals surface area contributed by atoms with Crippen LogP contribution in [0.1, 0.15) is 5.56 Å². The van der Waals surface area contributed by atoms with Crippen LogP contribution in [0.3, 0.4) is 0 Å². The van der Waals surface area contributed by atoms with Crippen molar-refractivity contribution < 1.29 is 5.11 Å². The fourth-order valence-electron chi connectivity index (χ4n) is 1.24. The van der Waals surface area contributed by atoms with Gasteiger partial charge in [0.2, 0.25) is 0 Å². The van der Waals surface area contributed by atoms with Crippen LogP contribution >= 0.6 is 46.6 Å². The number of hydrogen-bond acceptors (Lipinski definition) is 3. The van der Waals surface area contributed by atoms with Crippen molar-refractivity contribution in [2.75, 3.05) is 0 Å². The van der Waals surface area contributed by atoms with Gasteiger partial charge in [0.05, 0.1) is 6.61 Å². The summed E-state index contributed by atoms with van der Waals surface area (Å²) in [5, 5.41) is 12.3. The number of hydrogen-bond donors (Lipinski definition) is 2. The third-order valence-corrected chi connectivity index (χ3v) is 4.61. The number of fused-ring (bicyclic) bond motifs is 1. The highest BCUT2D eigenvalue weighted by Gasteiger charge is 2.08. The van der Waals surface area contributed by atoms with Crippen molar-refractivity contribution in [3.63, 3.8) is 0 Å². The minimum absolute atomic E-state index is 0.0945. The molecule has 0 aliphatic rings. The molecule has 1 heterocycles. The summed E-state index contributed by atoms with van der Waals surface area (Å²) in [7, 11) is 0. The molecule has 0 spiro atoms. The molecule has 1 aromatic carbocycles. The summed E-state index contributed by atoms with van der Waals surface area (Å²) >= 11 is 8.32. The molecule has 0 amide bonds. The second-order valence-corrected chi connectivity index (χ2v) is 5.16. The van der Waals surface area contributed by atoms with Gasteiger partial charge in [-0.2, -0.15) is 0 Å². The third-order valence-electron chi connectivity index (χ3n) is 1.91. The molecule has 0 atom stereocenters. The molecule has 4 heteroatoms. The highest BCUT2D eigenvalue weighted by atomic mass is 127. The van der Waals surface area contributed by atoms with E-state index in [2.05, 4.69) is 35.2 Å². The zero-order chi connectivity index (χ0) is 9.42. The van der Waals surface area contributed by atoms with Gasteiger partial charge in [-0.1, -0.05) is 6.07 Å². The predicted octanol–water partition coefficient (Wildman–Crippen LogP) is 3.29. The third kappa shape index (κ3) is 1.60. The molecule has 1 nitrogen and oxygen atoms in total. The Hall–Kier alpha value is 0.220. The van der Waals surface area contributed by atoms with Crippen molar-refractivity contribution in [3.8, 4) is 0 Å². The average molecular weight is 322 g/mol. The monoisotopic (exact) mass is 322 g/mol. The number of benzene rings is 1. The summed E-state index contributed by atoms with van der Waals surface area (Å²) in [6.07, 6.45) is 0. The molecule has 2 aromatic rings. The maximum absolute atomic E-state index is 9.08. The first-order valence-electron chi connectivity index (χ1n) is 3.72. The molecule has 68 valence electrons. The van der Waals surface area contributed by atoms with Crippen molar-refractivity contribution in [3.05, 3.63) is 26.6 Å². The highest BCUT2D eigenvalue weighted by molar-refractivity contribution is 14.1. The Morgan fingerprint density at radius 1 is 1.46 bits per heavy atom. The van der Waals surface area contributed by atoms with Crippen LogP contribution in [0.5, 0.6) is 0 Å². The maximum atomic E-state index is 9.08. The van der Waals surface area contributed by atoms with Gasteiger partial charge >= 0.3 is 0 Å². The number of rotatable bonds is 1. The smallest absolute Gasteiger partial charge is 0.0692 e. The van der Waals surface area contributed by atoms with E-state index >= 15 is 0 Å². The molecular formula is C9H7IOS2. The van der Waals surface area contributed by atoms with Crippen LogP contribution < -0.4 is 0 Å². The molecule has 2 rings (SSSR count). The number of aliphatic hydroxyl groups is 1. The van der Waals surface area contributed by atoms with E-state index < -0.39 is 0 Å². The minimum Gasteiger partial charge on any atom is -0.392 e. The van der Waals surface area contributed by atoms with Crippen LogP contribution in [0.15, 0.2) is 22.4 Å². The van der Waals surface area contributed by atoms with Crippen molar-refractivity contribution in [1.82, 2.24) is 0 Å². The Morgan fingerprint density at radius 3 is 2.92 bits per heavy atom. The molecule has 0 fully saturated rings. The van der Waals surface area contributed by atoms with Crippen LogP contribution in [0.4, 0.5) is 0 Å². The van der Waals surface area contributed by atoms with E-state index in [0.29, 0.717) is 0 Å². The molecule has 0 aliphatic carbocycles. The van der Waals surface area contributed by atoms with Crippen molar-refractivity contribution in [2.45, 2.75) is 11.5 Å². The Bertz CT molecular complexity index is 450. The van der Waals surface area contributed by atoms with E-state index in [9.17, 15) is 0 Å². The van der Waals surface area contributed by atoms with E-state index in [1.54, 1.807) is 11.3 Å². The molecule has 0 aliphatic heterocycles. The molecule has 0 saturated heterocycles. The van der Waals surface area contributed by atoms with Crippen molar-refractivity contribution >= 4 is 56.6 Å². The van der Waals surface area contributed by atoms with Gasteiger partial charge in [0, 0.05) is 23.9 Å². The Balaban J connectivity index is 2.83. The molecule has 0 radical (unpaired) electrons.